The van der Waals surface area contributed by atoms with Crippen molar-refractivity contribution in [3.63, 3.8) is 0 Å². The Hall–Kier alpha value is -3.02. The van der Waals surface area contributed by atoms with Gasteiger partial charge in [0.2, 0.25) is 11.8 Å². The normalized spacial score (nSPS) is 18.5. The Morgan fingerprint density at radius 3 is 2.63 bits per heavy atom. The largest absolute Gasteiger partial charge is 0.486 e. The Bertz CT molecular complexity index is 853. The second-order valence-corrected chi connectivity index (χ2v) is 6.91. The maximum absolute atomic E-state index is 12.8. The number of hydrogen-bond acceptors (Lipinski definition) is 4. The lowest BCUT2D eigenvalue weighted by Crippen LogP contribution is -2.34. The first kappa shape index (κ1) is 17.4. The summed E-state index contributed by atoms with van der Waals surface area (Å²) in [5, 5.41) is 0. The summed E-state index contributed by atoms with van der Waals surface area (Å²) in [4.78, 5) is 28.7. The van der Waals surface area contributed by atoms with Crippen LogP contribution in [-0.4, -0.2) is 43.5 Å². The predicted molar refractivity (Wildman–Crippen MR) is 101 cm³/mol. The molecule has 0 spiro atoms. The molecule has 2 aliphatic rings. The van der Waals surface area contributed by atoms with Crippen molar-refractivity contribution in [3.05, 3.63) is 54.1 Å². The maximum atomic E-state index is 12.8. The first-order chi connectivity index (χ1) is 13.1. The molecule has 0 saturated carbocycles. The summed E-state index contributed by atoms with van der Waals surface area (Å²) in [6.07, 6.45) is 0.229. The second-order valence-electron chi connectivity index (χ2n) is 6.91. The molecule has 140 valence electrons. The molecule has 0 aliphatic carbocycles. The molecule has 4 rings (SSSR count). The van der Waals surface area contributed by atoms with Gasteiger partial charge in [0.05, 0.1) is 5.92 Å². The monoisotopic (exact) mass is 366 g/mol. The molecule has 0 unspecified atom stereocenters. The van der Waals surface area contributed by atoms with Crippen molar-refractivity contribution in [2.24, 2.45) is 5.92 Å². The second kappa shape index (κ2) is 7.31. The van der Waals surface area contributed by atoms with E-state index >= 15 is 0 Å². The van der Waals surface area contributed by atoms with Crippen molar-refractivity contribution in [3.8, 4) is 11.5 Å². The van der Waals surface area contributed by atoms with Crippen molar-refractivity contribution in [2.45, 2.75) is 13.0 Å². The van der Waals surface area contributed by atoms with E-state index in [4.69, 9.17) is 9.47 Å². The predicted octanol–water partition coefficient (Wildman–Crippen LogP) is 2.47. The first-order valence-electron chi connectivity index (χ1n) is 9.11. The van der Waals surface area contributed by atoms with Crippen LogP contribution < -0.4 is 14.4 Å². The quantitative estimate of drug-likeness (QED) is 0.834. The highest BCUT2D eigenvalue weighted by molar-refractivity contribution is 6.00. The maximum Gasteiger partial charge on any atom is 0.228 e. The molecule has 2 aliphatic heterocycles. The third-order valence-corrected chi connectivity index (χ3v) is 4.95. The lowest BCUT2D eigenvalue weighted by atomic mass is 10.1. The fraction of sp³-hybridized carbons (Fsp3) is 0.333. The molecule has 2 amide bonds. The lowest BCUT2D eigenvalue weighted by Gasteiger charge is -2.23. The molecule has 2 aromatic rings. The highest BCUT2D eigenvalue weighted by atomic mass is 16.6. The Labute approximate surface area is 158 Å². The molecule has 27 heavy (non-hydrogen) atoms. The minimum absolute atomic E-state index is 0.00718. The topological polar surface area (TPSA) is 59.1 Å². The number of fused-ring (bicyclic) bond motifs is 1. The van der Waals surface area contributed by atoms with Crippen LogP contribution in [0.15, 0.2) is 48.5 Å². The van der Waals surface area contributed by atoms with Crippen LogP contribution in [-0.2, 0) is 16.1 Å². The van der Waals surface area contributed by atoms with Gasteiger partial charge in [-0.2, -0.15) is 0 Å². The number of benzene rings is 2. The van der Waals surface area contributed by atoms with Gasteiger partial charge >= 0.3 is 0 Å². The van der Waals surface area contributed by atoms with Gasteiger partial charge in [0.15, 0.2) is 11.5 Å². The molecule has 6 nitrogen and oxygen atoms in total. The van der Waals surface area contributed by atoms with Crippen LogP contribution in [0, 0.1) is 5.92 Å². The summed E-state index contributed by atoms with van der Waals surface area (Å²) in [6, 6.07) is 15.3. The number of amides is 2. The van der Waals surface area contributed by atoms with Gasteiger partial charge in [-0.25, -0.2) is 0 Å². The molecule has 1 atom stereocenters. The highest BCUT2D eigenvalue weighted by Gasteiger charge is 2.36. The fourth-order valence-corrected chi connectivity index (χ4v) is 3.57. The number of nitrogens with zero attached hydrogens (tertiary/aromatic N) is 2. The molecule has 0 radical (unpaired) electrons. The molecule has 1 saturated heterocycles. The van der Waals surface area contributed by atoms with Crippen molar-refractivity contribution < 1.29 is 19.1 Å². The zero-order chi connectivity index (χ0) is 18.8. The molecule has 1 fully saturated rings. The zero-order valence-corrected chi connectivity index (χ0v) is 15.3. The van der Waals surface area contributed by atoms with Gasteiger partial charge in [-0.15, -0.1) is 0 Å². The summed E-state index contributed by atoms with van der Waals surface area (Å²) in [5.74, 6) is 0.944. The van der Waals surface area contributed by atoms with Gasteiger partial charge in [0.25, 0.3) is 0 Å². The highest BCUT2D eigenvalue weighted by Crippen LogP contribution is 2.36. The summed E-state index contributed by atoms with van der Waals surface area (Å²) in [7, 11) is 1.78. The van der Waals surface area contributed by atoms with Gasteiger partial charge in [-0.1, -0.05) is 30.3 Å². The minimum Gasteiger partial charge on any atom is -0.486 e. The Balaban J connectivity index is 1.45. The number of anilines is 1. The number of carbonyl (C=O) groups is 2. The summed E-state index contributed by atoms with van der Waals surface area (Å²) < 4.78 is 11.1. The first-order valence-corrected chi connectivity index (χ1v) is 9.11. The van der Waals surface area contributed by atoms with E-state index in [1.807, 2.05) is 48.5 Å². The van der Waals surface area contributed by atoms with Gasteiger partial charge < -0.3 is 19.3 Å². The van der Waals surface area contributed by atoms with Crippen LogP contribution in [0.1, 0.15) is 12.0 Å². The van der Waals surface area contributed by atoms with Gasteiger partial charge in [0, 0.05) is 38.3 Å². The van der Waals surface area contributed by atoms with Crippen LogP contribution in [0.5, 0.6) is 11.5 Å². The van der Waals surface area contributed by atoms with Crippen LogP contribution in [0.25, 0.3) is 0 Å². The van der Waals surface area contributed by atoms with Crippen LogP contribution in [0.4, 0.5) is 5.69 Å². The number of ether oxygens (including phenoxy) is 2. The minimum atomic E-state index is -0.334. The SMILES string of the molecule is CN(Cc1ccccc1)C(=O)[C@@H]1CC(=O)N(c2ccc3c(c2)OCCO3)C1. The molecule has 6 heteroatoms. The van der Waals surface area contributed by atoms with E-state index in [0.717, 1.165) is 11.3 Å². The van der Waals surface area contributed by atoms with Crippen molar-refractivity contribution >= 4 is 17.5 Å². The zero-order valence-electron chi connectivity index (χ0n) is 15.3. The average Bonchev–Trinajstić information content (AvgIpc) is 3.09. The fourth-order valence-electron chi connectivity index (χ4n) is 3.57. The van der Waals surface area contributed by atoms with E-state index in [2.05, 4.69) is 0 Å². The summed E-state index contributed by atoms with van der Waals surface area (Å²) in [5.41, 5.74) is 1.81. The molecule has 0 bridgehead atoms. The lowest BCUT2D eigenvalue weighted by molar-refractivity contribution is -0.135. The summed E-state index contributed by atoms with van der Waals surface area (Å²) >= 11 is 0. The van der Waals surface area contributed by atoms with Crippen molar-refractivity contribution in [1.82, 2.24) is 4.90 Å². The van der Waals surface area contributed by atoms with Crippen LogP contribution >= 0.6 is 0 Å². The van der Waals surface area contributed by atoms with Crippen molar-refractivity contribution in [2.75, 3.05) is 31.7 Å². The van der Waals surface area contributed by atoms with Crippen LogP contribution in [0.2, 0.25) is 0 Å². The Kier molecular flexibility index (Phi) is 4.71. The van der Waals surface area contributed by atoms with Crippen LogP contribution in [0.3, 0.4) is 0 Å². The van der Waals surface area contributed by atoms with Gasteiger partial charge in [-0.3, -0.25) is 9.59 Å². The molecular weight excluding hydrogens is 344 g/mol. The smallest absolute Gasteiger partial charge is 0.228 e. The number of rotatable bonds is 4. The molecule has 0 N–H and O–H groups in total. The van der Waals surface area contributed by atoms with E-state index in [1.54, 1.807) is 16.8 Å². The Morgan fingerprint density at radius 1 is 1.11 bits per heavy atom. The average molecular weight is 366 g/mol. The number of carbonyl (C=O) groups excluding carboxylic acids is 2. The van der Waals surface area contributed by atoms with Gasteiger partial charge in [0.1, 0.15) is 13.2 Å². The van der Waals surface area contributed by atoms with Crippen molar-refractivity contribution in [1.29, 1.82) is 0 Å². The molecule has 0 aromatic heterocycles. The van der Waals surface area contributed by atoms with E-state index in [9.17, 15) is 9.59 Å². The standard InChI is InChI=1S/C21H22N2O4/c1-22(13-15-5-3-2-4-6-15)21(25)16-11-20(24)23(14-16)17-7-8-18-19(12-17)27-10-9-26-18/h2-8,12,16H,9-11,13-14H2,1H3/t16-/m1/s1. The van der Waals surface area contributed by atoms with E-state index in [0.29, 0.717) is 37.8 Å². The number of hydrogen-bond donors (Lipinski definition) is 0. The van der Waals surface area contributed by atoms with E-state index in [1.165, 1.54) is 0 Å². The Morgan fingerprint density at radius 2 is 1.85 bits per heavy atom. The third-order valence-electron chi connectivity index (χ3n) is 4.95. The molecular formula is C21H22N2O4. The summed E-state index contributed by atoms with van der Waals surface area (Å²) in [6.45, 7) is 1.94. The van der Waals surface area contributed by atoms with E-state index in [-0.39, 0.29) is 24.2 Å². The van der Waals surface area contributed by atoms with Gasteiger partial charge in [-0.05, 0) is 17.7 Å². The third kappa shape index (κ3) is 3.60. The molecule has 2 aromatic carbocycles. The molecule has 2 heterocycles. The van der Waals surface area contributed by atoms with E-state index < -0.39 is 0 Å².